The lowest BCUT2D eigenvalue weighted by atomic mass is 10.1. The Morgan fingerprint density at radius 2 is 2.25 bits per heavy atom. The first kappa shape index (κ1) is 13.8. The van der Waals surface area contributed by atoms with Crippen LogP contribution in [-0.4, -0.2) is 21.2 Å². The average Bonchev–Trinajstić information content (AvgIpc) is 2.81. The van der Waals surface area contributed by atoms with E-state index in [0.717, 1.165) is 11.6 Å². The number of nitrogens with zero attached hydrogens (tertiary/aromatic N) is 2. The molecular formula is C14H14N2O4. The van der Waals surface area contributed by atoms with Crippen molar-refractivity contribution in [2.45, 2.75) is 20.5 Å². The first-order valence-electron chi connectivity index (χ1n) is 5.99. The predicted molar refractivity (Wildman–Crippen MR) is 71.2 cm³/mol. The molecule has 20 heavy (non-hydrogen) atoms. The average molecular weight is 274 g/mol. The summed E-state index contributed by atoms with van der Waals surface area (Å²) in [5, 5.41) is 12.4. The van der Waals surface area contributed by atoms with Gasteiger partial charge in [0.05, 0.1) is 0 Å². The van der Waals surface area contributed by atoms with Crippen LogP contribution in [-0.2, 0) is 11.4 Å². The van der Waals surface area contributed by atoms with Crippen LogP contribution in [0.4, 0.5) is 0 Å². The molecule has 0 aliphatic heterocycles. The second kappa shape index (κ2) is 6.01. The SMILES string of the molecule is Cc1noc(COc2c(C)cccc2/C=C/C(=O)O)n1. The molecule has 0 atom stereocenters. The number of carboxylic acid groups (broad SMARTS) is 1. The Balaban J connectivity index is 2.19. The van der Waals surface area contributed by atoms with Crippen LogP contribution in [0.2, 0.25) is 0 Å². The molecule has 0 aliphatic carbocycles. The van der Waals surface area contributed by atoms with Crippen LogP contribution in [0.25, 0.3) is 6.08 Å². The second-order valence-electron chi connectivity index (χ2n) is 4.19. The van der Waals surface area contributed by atoms with Crippen LogP contribution in [0, 0.1) is 13.8 Å². The predicted octanol–water partition coefficient (Wildman–Crippen LogP) is 2.36. The molecule has 1 N–H and O–H groups in total. The second-order valence-corrected chi connectivity index (χ2v) is 4.19. The highest BCUT2D eigenvalue weighted by molar-refractivity contribution is 5.86. The summed E-state index contributed by atoms with van der Waals surface area (Å²) in [6.45, 7) is 3.74. The van der Waals surface area contributed by atoms with E-state index in [1.807, 2.05) is 19.1 Å². The molecule has 0 bridgehead atoms. The van der Waals surface area contributed by atoms with E-state index >= 15 is 0 Å². The first-order valence-corrected chi connectivity index (χ1v) is 5.99. The molecule has 1 aromatic carbocycles. The van der Waals surface area contributed by atoms with E-state index in [1.165, 1.54) is 6.08 Å². The maximum atomic E-state index is 10.6. The molecule has 2 aromatic rings. The fraction of sp³-hybridized carbons (Fsp3) is 0.214. The van der Waals surface area contributed by atoms with Gasteiger partial charge in [-0.25, -0.2) is 4.79 Å². The minimum Gasteiger partial charge on any atom is -0.483 e. The number of aryl methyl sites for hydroxylation is 2. The number of hydrogen-bond donors (Lipinski definition) is 1. The van der Waals surface area contributed by atoms with Crippen LogP contribution >= 0.6 is 0 Å². The van der Waals surface area contributed by atoms with Crippen molar-refractivity contribution in [2.75, 3.05) is 0 Å². The van der Waals surface area contributed by atoms with Gasteiger partial charge in [0.15, 0.2) is 12.4 Å². The summed E-state index contributed by atoms with van der Waals surface area (Å²) in [5.74, 6) is 0.504. The Hall–Kier alpha value is -2.63. The van der Waals surface area contributed by atoms with Gasteiger partial charge in [-0.2, -0.15) is 4.98 Å². The van der Waals surface area contributed by atoms with Gasteiger partial charge < -0.3 is 14.4 Å². The van der Waals surface area contributed by atoms with E-state index in [1.54, 1.807) is 13.0 Å². The number of para-hydroxylation sites is 1. The van der Waals surface area contributed by atoms with Crippen molar-refractivity contribution in [3.8, 4) is 5.75 Å². The quantitative estimate of drug-likeness (QED) is 0.842. The van der Waals surface area contributed by atoms with Gasteiger partial charge in [-0.3, -0.25) is 0 Å². The number of carboxylic acids is 1. The van der Waals surface area contributed by atoms with Gasteiger partial charge in [0, 0.05) is 11.6 Å². The van der Waals surface area contributed by atoms with Gasteiger partial charge in [-0.05, 0) is 25.5 Å². The Bertz CT molecular complexity index is 646. The monoisotopic (exact) mass is 274 g/mol. The molecule has 1 aromatic heterocycles. The third kappa shape index (κ3) is 3.44. The Morgan fingerprint density at radius 3 is 2.90 bits per heavy atom. The molecule has 0 fully saturated rings. The van der Waals surface area contributed by atoms with Crippen LogP contribution in [0.15, 0.2) is 28.8 Å². The minimum absolute atomic E-state index is 0.138. The van der Waals surface area contributed by atoms with E-state index in [0.29, 0.717) is 23.0 Å². The molecule has 6 heteroatoms. The van der Waals surface area contributed by atoms with Crippen molar-refractivity contribution in [3.05, 3.63) is 47.1 Å². The van der Waals surface area contributed by atoms with Crippen molar-refractivity contribution >= 4 is 12.0 Å². The maximum Gasteiger partial charge on any atom is 0.328 e. The molecule has 0 radical (unpaired) electrons. The molecule has 0 saturated heterocycles. The summed E-state index contributed by atoms with van der Waals surface area (Å²) < 4.78 is 10.6. The van der Waals surface area contributed by atoms with E-state index in [4.69, 9.17) is 14.4 Å². The number of aliphatic carboxylic acids is 1. The van der Waals surface area contributed by atoms with Crippen molar-refractivity contribution in [3.63, 3.8) is 0 Å². The molecule has 104 valence electrons. The molecule has 0 aliphatic rings. The molecule has 0 saturated carbocycles. The Morgan fingerprint density at radius 1 is 1.45 bits per heavy atom. The van der Waals surface area contributed by atoms with Gasteiger partial charge in [-0.1, -0.05) is 23.4 Å². The fourth-order valence-corrected chi connectivity index (χ4v) is 1.70. The summed E-state index contributed by atoms with van der Waals surface area (Å²) in [4.78, 5) is 14.6. The number of benzene rings is 1. The molecule has 1 heterocycles. The van der Waals surface area contributed by atoms with Crippen molar-refractivity contribution in [1.29, 1.82) is 0 Å². The number of hydrogen-bond acceptors (Lipinski definition) is 5. The van der Waals surface area contributed by atoms with Crippen LogP contribution in [0.3, 0.4) is 0 Å². The Labute approximate surface area is 115 Å². The number of ether oxygens (including phenoxy) is 1. The first-order chi connectivity index (χ1) is 9.56. The molecule has 2 rings (SSSR count). The Kier molecular flexibility index (Phi) is 4.14. The van der Waals surface area contributed by atoms with Crippen molar-refractivity contribution in [1.82, 2.24) is 10.1 Å². The highest BCUT2D eigenvalue weighted by Gasteiger charge is 2.08. The normalized spacial score (nSPS) is 10.9. The van der Waals surface area contributed by atoms with Gasteiger partial charge in [0.1, 0.15) is 5.75 Å². The summed E-state index contributed by atoms with van der Waals surface area (Å²) in [6, 6.07) is 5.49. The smallest absolute Gasteiger partial charge is 0.328 e. The standard InChI is InChI=1S/C14H14N2O4/c1-9-4-3-5-11(6-7-13(17)18)14(9)19-8-12-15-10(2)16-20-12/h3-7H,8H2,1-2H3,(H,17,18)/b7-6+. The molecule has 0 unspecified atom stereocenters. The van der Waals surface area contributed by atoms with Gasteiger partial charge in [0.25, 0.3) is 5.89 Å². The van der Waals surface area contributed by atoms with Gasteiger partial charge in [0.2, 0.25) is 0 Å². The molecule has 0 spiro atoms. The molecule has 6 nitrogen and oxygen atoms in total. The minimum atomic E-state index is -1.01. The zero-order valence-electron chi connectivity index (χ0n) is 11.2. The van der Waals surface area contributed by atoms with Crippen molar-refractivity contribution < 1.29 is 19.2 Å². The third-order valence-electron chi connectivity index (χ3n) is 2.56. The lowest BCUT2D eigenvalue weighted by Crippen LogP contribution is -1.99. The third-order valence-corrected chi connectivity index (χ3v) is 2.56. The maximum absolute atomic E-state index is 10.6. The number of aromatic nitrogens is 2. The summed E-state index contributed by atoms with van der Waals surface area (Å²) >= 11 is 0. The highest BCUT2D eigenvalue weighted by Crippen LogP contribution is 2.25. The zero-order valence-corrected chi connectivity index (χ0v) is 11.2. The van der Waals surface area contributed by atoms with E-state index in [2.05, 4.69) is 10.1 Å². The van der Waals surface area contributed by atoms with E-state index < -0.39 is 5.97 Å². The van der Waals surface area contributed by atoms with Gasteiger partial charge in [-0.15, -0.1) is 0 Å². The van der Waals surface area contributed by atoms with Crippen molar-refractivity contribution in [2.24, 2.45) is 0 Å². The largest absolute Gasteiger partial charge is 0.483 e. The topological polar surface area (TPSA) is 85.5 Å². The van der Waals surface area contributed by atoms with Crippen LogP contribution in [0.5, 0.6) is 5.75 Å². The number of carbonyl (C=O) groups is 1. The van der Waals surface area contributed by atoms with Crippen LogP contribution < -0.4 is 4.74 Å². The summed E-state index contributed by atoms with van der Waals surface area (Å²) in [6.07, 6.45) is 2.56. The lowest BCUT2D eigenvalue weighted by molar-refractivity contribution is -0.131. The fourth-order valence-electron chi connectivity index (χ4n) is 1.70. The molecule has 0 amide bonds. The molecular weight excluding hydrogens is 260 g/mol. The zero-order chi connectivity index (χ0) is 14.5. The van der Waals surface area contributed by atoms with Crippen LogP contribution in [0.1, 0.15) is 22.8 Å². The summed E-state index contributed by atoms with van der Waals surface area (Å²) in [7, 11) is 0. The number of rotatable bonds is 5. The van der Waals surface area contributed by atoms with E-state index in [-0.39, 0.29) is 6.61 Å². The van der Waals surface area contributed by atoms with Gasteiger partial charge >= 0.3 is 5.97 Å². The summed E-state index contributed by atoms with van der Waals surface area (Å²) in [5.41, 5.74) is 1.58. The highest BCUT2D eigenvalue weighted by atomic mass is 16.5. The lowest BCUT2D eigenvalue weighted by Gasteiger charge is -2.10. The van der Waals surface area contributed by atoms with E-state index in [9.17, 15) is 4.79 Å².